The molecule has 0 saturated carbocycles. The van der Waals surface area contributed by atoms with E-state index in [-0.39, 0.29) is 0 Å². The largest absolute Gasteiger partial charge is 0.310 e. The number of thiophene rings is 2. The van der Waals surface area contributed by atoms with Crippen molar-refractivity contribution in [1.82, 2.24) is 0 Å². The van der Waals surface area contributed by atoms with Gasteiger partial charge in [0.05, 0.1) is 11.4 Å². The normalized spacial score (nSPS) is 11.6. The summed E-state index contributed by atoms with van der Waals surface area (Å²) in [5.74, 6) is 0. The zero-order valence-corrected chi connectivity index (χ0v) is 40.7. The summed E-state index contributed by atoms with van der Waals surface area (Å²) in [6, 6.07) is 97.6. The molecule has 0 spiro atoms. The highest BCUT2D eigenvalue weighted by Crippen LogP contribution is 2.48. The van der Waals surface area contributed by atoms with Crippen LogP contribution in [-0.4, -0.2) is 0 Å². The van der Waals surface area contributed by atoms with Crippen LogP contribution in [0.25, 0.3) is 95.3 Å². The van der Waals surface area contributed by atoms with Crippen LogP contribution in [0.3, 0.4) is 0 Å². The molecule has 0 aliphatic rings. The lowest BCUT2D eigenvalue weighted by molar-refractivity contribution is 1.30. The molecule has 4 heteroatoms. The van der Waals surface area contributed by atoms with Crippen molar-refractivity contribution in [2.75, 3.05) is 9.80 Å². The summed E-state index contributed by atoms with van der Waals surface area (Å²) in [5, 5.41) is 10.3. The minimum absolute atomic E-state index is 1.12. The Hall–Kier alpha value is -8.80. The number of hydrogen-bond donors (Lipinski definition) is 0. The molecule has 0 radical (unpaired) electrons. The fourth-order valence-electron chi connectivity index (χ4n) is 10.8. The summed E-state index contributed by atoms with van der Waals surface area (Å²) in [5.41, 5.74) is 13.9. The van der Waals surface area contributed by atoms with Crippen molar-refractivity contribution in [2.45, 2.75) is 0 Å². The molecule has 72 heavy (non-hydrogen) atoms. The fourth-order valence-corrected chi connectivity index (χ4v) is 13.2. The highest BCUT2D eigenvalue weighted by atomic mass is 32.1. The summed E-state index contributed by atoms with van der Waals surface area (Å²) in [6.07, 6.45) is 0. The van der Waals surface area contributed by atoms with Crippen molar-refractivity contribution in [3.63, 3.8) is 0 Å². The second-order valence-corrected chi connectivity index (χ2v) is 20.5. The standard InChI is InChI=1S/C68H44N2S2/c1-3-16-51(17-4-1)69(64-44-62-58-23-10-12-28-66(58)72-68(62)59-24-8-7-21-55(59)64)53-39-37-48(38-40-53)47-31-29-45(30-32-47)46-33-35-49(36-34-46)50-15-13-20-54(43-50)70(52-18-5-2-6-19-52)63-26-14-25-60-56(63)41-42-61-57-22-9-11-27-65(57)71-67(60)61/h1-44H. The van der Waals surface area contributed by atoms with Crippen molar-refractivity contribution >= 4 is 119 Å². The van der Waals surface area contributed by atoms with Gasteiger partial charge in [-0.05, 0) is 106 Å². The molecule has 0 atom stereocenters. The Kier molecular flexibility index (Phi) is 10.3. The van der Waals surface area contributed by atoms with Gasteiger partial charge in [0.2, 0.25) is 0 Å². The quantitative estimate of drug-likeness (QED) is 0.142. The maximum absolute atomic E-state index is 2.41. The van der Waals surface area contributed by atoms with E-state index in [2.05, 4.69) is 277 Å². The average Bonchev–Trinajstić information content (AvgIpc) is 4.04. The predicted molar refractivity (Wildman–Crippen MR) is 313 cm³/mol. The zero-order chi connectivity index (χ0) is 47.5. The van der Waals surface area contributed by atoms with E-state index in [0.717, 1.165) is 28.4 Å². The van der Waals surface area contributed by atoms with E-state index < -0.39 is 0 Å². The molecule has 0 amide bonds. The molecule has 2 heterocycles. The van der Waals surface area contributed by atoms with Gasteiger partial charge in [-0.15, -0.1) is 22.7 Å². The molecule has 14 rings (SSSR count). The lowest BCUT2D eigenvalue weighted by atomic mass is 9.97. The highest BCUT2D eigenvalue weighted by Gasteiger charge is 2.21. The maximum atomic E-state index is 2.41. The van der Waals surface area contributed by atoms with Gasteiger partial charge >= 0.3 is 0 Å². The van der Waals surface area contributed by atoms with Gasteiger partial charge in [-0.2, -0.15) is 0 Å². The van der Waals surface area contributed by atoms with Crippen LogP contribution in [0.2, 0.25) is 0 Å². The first kappa shape index (κ1) is 42.1. The van der Waals surface area contributed by atoms with E-state index in [1.807, 2.05) is 22.7 Å². The van der Waals surface area contributed by atoms with Crippen LogP contribution in [0, 0.1) is 0 Å². The number of rotatable bonds is 9. The van der Waals surface area contributed by atoms with Crippen LogP contribution < -0.4 is 9.80 Å². The Morgan fingerprint density at radius 3 is 1.18 bits per heavy atom. The molecule has 2 nitrogen and oxygen atoms in total. The Morgan fingerprint density at radius 1 is 0.208 bits per heavy atom. The van der Waals surface area contributed by atoms with Gasteiger partial charge in [0.25, 0.3) is 0 Å². The first-order valence-corrected chi connectivity index (χ1v) is 26.1. The summed E-state index contributed by atoms with van der Waals surface area (Å²) < 4.78 is 5.30. The van der Waals surface area contributed by atoms with Gasteiger partial charge in [0.15, 0.2) is 0 Å². The van der Waals surface area contributed by atoms with Crippen LogP contribution >= 0.6 is 22.7 Å². The molecule has 338 valence electrons. The number of para-hydroxylation sites is 2. The van der Waals surface area contributed by atoms with Gasteiger partial charge in [0, 0.05) is 84.6 Å². The summed E-state index contributed by atoms with van der Waals surface area (Å²) >= 11 is 3.76. The molecule has 2 aromatic heterocycles. The second-order valence-electron chi connectivity index (χ2n) is 18.4. The summed E-state index contributed by atoms with van der Waals surface area (Å²) in [4.78, 5) is 4.82. The third kappa shape index (κ3) is 7.23. The molecule has 0 N–H and O–H groups in total. The maximum Gasteiger partial charge on any atom is 0.0547 e. The SMILES string of the molecule is c1ccc(N(c2cccc(-c3ccc(-c4ccc(-c5ccc(N(c6ccccc6)c6cc7c8ccccc8sc7c7ccccc67)cc5)cc4)cc3)c2)c2cccc3c2ccc2c4ccccc4sc32)cc1. The first-order chi connectivity index (χ1) is 35.7. The Labute approximate surface area is 426 Å². The van der Waals surface area contributed by atoms with E-state index in [1.54, 1.807) is 0 Å². The van der Waals surface area contributed by atoms with Crippen LogP contribution in [0.15, 0.2) is 267 Å². The number of nitrogens with zero attached hydrogens (tertiary/aromatic N) is 2. The molecule has 0 saturated heterocycles. The van der Waals surface area contributed by atoms with Crippen molar-refractivity contribution in [1.29, 1.82) is 0 Å². The fraction of sp³-hybridized carbons (Fsp3) is 0. The van der Waals surface area contributed by atoms with Crippen LogP contribution in [-0.2, 0) is 0 Å². The van der Waals surface area contributed by atoms with Crippen molar-refractivity contribution in [2.24, 2.45) is 0 Å². The van der Waals surface area contributed by atoms with Crippen LogP contribution in [0.1, 0.15) is 0 Å². The first-order valence-electron chi connectivity index (χ1n) is 24.5. The average molecular weight is 953 g/mol. The molecule has 0 aliphatic heterocycles. The lowest BCUT2D eigenvalue weighted by Crippen LogP contribution is -2.10. The summed E-state index contributed by atoms with van der Waals surface area (Å²) in [7, 11) is 0. The minimum atomic E-state index is 1.12. The smallest absolute Gasteiger partial charge is 0.0547 e. The summed E-state index contributed by atoms with van der Waals surface area (Å²) in [6.45, 7) is 0. The van der Waals surface area contributed by atoms with Gasteiger partial charge in [-0.3, -0.25) is 0 Å². The van der Waals surface area contributed by atoms with Gasteiger partial charge in [0.1, 0.15) is 0 Å². The molecule has 0 fully saturated rings. The van der Waals surface area contributed by atoms with Crippen molar-refractivity contribution < 1.29 is 0 Å². The number of anilines is 6. The Bertz CT molecular complexity index is 4310. The number of benzene rings is 12. The molecule has 12 aromatic carbocycles. The molecular weight excluding hydrogens is 909 g/mol. The topological polar surface area (TPSA) is 6.48 Å². The number of hydrogen-bond acceptors (Lipinski definition) is 4. The molecule has 0 bridgehead atoms. The Morgan fingerprint density at radius 2 is 0.583 bits per heavy atom. The van der Waals surface area contributed by atoms with Crippen LogP contribution in [0.5, 0.6) is 0 Å². The van der Waals surface area contributed by atoms with E-state index in [4.69, 9.17) is 0 Å². The predicted octanol–water partition coefficient (Wildman–Crippen LogP) is 20.7. The second kappa shape index (κ2) is 17.6. The Balaban J connectivity index is 0.756. The van der Waals surface area contributed by atoms with Gasteiger partial charge < -0.3 is 9.80 Å². The minimum Gasteiger partial charge on any atom is -0.310 e. The third-order valence-corrected chi connectivity index (χ3v) is 16.7. The van der Waals surface area contributed by atoms with E-state index in [9.17, 15) is 0 Å². The van der Waals surface area contributed by atoms with Crippen LogP contribution in [0.4, 0.5) is 34.1 Å². The van der Waals surface area contributed by atoms with E-state index >= 15 is 0 Å². The lowest BCUT2D eigenvalue weighted by Gasteiger charge is -2.27. The van der Waals surface area contributed by atoms with E-state index in [1.165, 1.54) is 101 Å². The van der Waals surface area contributed by atoms with Gasteiger partial charge in [-0.25, -0.2) is 0 Å². The van der Waals surface area contributed by atoms with Crippen molar-refractivity contribution in [3.8, 4) is 33.4 Å². The highest BCUT2D eigenvalue weighted by molar-refractivity contribution is 7.27. The molecule has 14 aromatic rings. The number of fused-ring (bicyclic) bond motifs is 10. The monoisotopic (exact) mass is 952 g/mol. The molecule has 0 aliphatic carbocycles. The molecular formula is C68H44N2S2. The zero-order valence-electron chi connectivity index (χ0n) is 39.1. The third-order valence-electron chi connectivity index (χ3n) is 14.3. The molecule has 0 unspecified atom stereocenters. The van der Waals surface area contributed by atoms with Gasteiger partial charge in [-0.1, -0.05) is 194 Å². The van der Waals surface area contributed by atoms with Crippen molar-refractivity contribution in [3.05, 3.63) is 267 Å². The van der Waals surface area contributed by atoms with E-state index in [0.29, 0.717) is 0 Å².